The van der Waals surface area contributed by atoms with Gasteiger partial charge in [0.2, 0.25) is 23.4 Å². The molecule has 0 aliphatic carbocycles. The SMILES string of the molecule is CC1(C)C2=CC=CC=CC3=[N+](CCCCCC(=O)NCCCCC(C(=O)NCCCCCC(=O)O)NC(=O)CCCCCN2c2ccc(S(=O)(=O)O)cc21)c1ccc(S(=O)(=O)O)cc1[N+]3(C)C. The van der Waals surface area contributed by atoms with Crippen molar-refractivity contribution in [3.8, 4) is 0 Å². The number of hydrogen-bond acceptors (Lipinski definition) is 9. The second-order valence-electron chi connectivity index (χ2n) is 18.4. The van der Waals surface area contributed by atoms with E-state index < -0.39 is 37.7 Å². The third kappa shape index (κ3) is 14.2. The van der Waals surface area contributed by atoms with Crippen LogP contribution in [0.3, 0.4) is 0 Å². The molecule has 1 atom stereocenters. The first-order chi connectivity index (χ1) is 31.6. The van der Waals surface area contributed by atoms with Gasteiger partial charge in [0, 0.05) is 74.2 Å². The number of hydrogen-bond donors (Lipinski definition) is 6. The van der Waals surface area contributed by atoms with Gasteiger partial charge >= 0.3 is 11.8 Å². The summed E-state index contributed by atoms with van der Waals surface area (Å²) in [7, 11) is -5.03. The molecule has 3 amide bonds. The molecule has 6 N–H and O–H groups in total. The number of nitrogens with one attached hydrogen (secondary N) is 3. The summed E-state index contributed by atoms with van der Waals surface area (Å²) in [4.78, 5) is 51.9. The Hall–Kier alpha value is -5.21. The van der Waals surface area contributed by atoms with Crippen LogP contribution >= 0.6 is 0 Å². The summed E-state index contributed by atoms with van der Waals surface area (Å²) in [5.41, 5.74) is 3.26. The van der Waals surface area contributed by atoms with Crippen LogP contribution in [0.4, 0.5) is 17.1 Å². The van der Waals surface area contributed by atoms with E-state index in [4.69, 9.17) is 5.11 Å². The summed E-state index contributed by atoms with van der Waals surface area (Å²) in [6, 6.07) is 8.42. The fourth-order valence-corrected chi connectivity index (χ4v) is 10.0. The Morgan fingerprint density at radius 3 is 2.24 bits per heavy atom. The molecule has 0 bridgehead atoms. The zero-order valence-corrected chi connectivity index (χ0v) is 40.8. The number of carbonyl (C=O) groups excluding carboxylic acids is 3. The zero-order valence-electron chi connectivity index (χ0n) is 39.1. The highest BCUT2D eigenvalue weighted by Crippen LogP contribution is 2.48. The van der Waals surface area contributed by atoms with E-state index in [0.717, 1.165) is 41.3 Å². The van der Waals surface area contributed by atoms with Gasteiger partial charge in [-0.15, -0.1) is 4.58 Å². The lowest BCUT2D eigenvalue weighted by Crippen LogP contribution is -2.47. The van der Waals surface area contributed by atoms with E-state index in [0.29, 0.717) is 102 Å². The van der Waals surface area contributed by atoms with Crippen molar-refractivity contribution in [1.82, 2.24) is 20.4 Å². The van der Waals surface area contributed by atoms with Crippen LogP contribution in [-0.2, 0) is 44.8 Å². The largest absolute Gasteiger partial charge is 0.481 e. The lowest BCUT2D eigenvalue weighted by molar-refractivity contribution is -0.438. The molecule has 5 rings (SSSR count). The number of anilines is 1. The van der Waals surface area contributed by atoms with Crippen LogP contribution < -0.4 is 25.3 Å². The monoisotopic (exact) mass is 968 g/mol. The normalized spacial score (nSPS) is 20.2. The first-order valence-corrected chi connectivity index (χ1v) is 26.1. The van der Waals surface area contributed by atoms with Gasteiger partial charge in [-0.25, -0.2) is 4.48 Å². The van der Waals surface area contributed by atoms with Crippen LogP contribution in [-0.4, -0.2) is 111 Å². The van der Waals surface area contributed by atoms with Gasteiger partial charge in [-0.2, -0.15) is 16.8 Å². The number of rotatable bonds is 9. The second kappa shape index (κ2) is 23.2. The number of aliphatic carboxylic acids is 1. The number of carboxylic acids is 1. The number of likely N-dealkylation sites (N-methyl/N-ethyl adjacent to an activating group) is 1. The van der Waals surface area contributed by atoms with Gasteiger partial charge in [0.1, 0.15) is 10.9 Å². The summed E-state index contributed by atoms with van der Waals surface area (Å²) in [6.07, 6.45) is 17.6. The molecule has 1 unspecified atom stereocenters. The molecule has 0 fully saturated rings. The van der Waals surface area contributed by atoms with Crippen molar-refractivity contribution < 1.29 is 54.8 Å². The third-order valence-corrected chi connectivity index (χ3v) is 14.4. The van der Waals surface area contributed by atoms with Crippen LogP contribution in [0.5, 0.6) is 0 Å². The molecule has 0 saturated heterocycles. The Kier molecular flexibility index (Phi) is 18.3. The summed E-state index contributed by atoms with van der Waals surface area (Å²) >= 11 is 0. The van der Waals surface area contributed by atoms with E-state index in [1.807, 2.05) is 58.3 Å². The molecule has 17 nitrogen and oxygen atoms in total. The number of unbranched alkanes of at least 4 members (excludes halogenated alkanes) is 2. The van der Waals surface area contributed by atoms with Crippen LogP contribution in [0, 0.1) is 0 Å². The molecule has 3 heterocycles. The van der Waals surface area contributed by atoms with E-state index in [1.165, 1.54) is 24.3 Å². The second-order valence-corrected chi connectivity index (χ2v) is 21.2. The fourth-order valence-electron chi connectivity index (χ4n) is 9.01. The fraction of sp³-hybridized carbons (Fsp3) is 0.521. The number of carbonyl (C=O) groups is 4. The predicted molar refractivity (Wildman–Crippen MR) is 258 cm³/mol. The summed E-state index contributed by atoms with van der Waals surface area (Å²) < 4.78 is 70.9. The number of amides is 3. The van der Waals surface area contributed by atoms with Gasteiger partial charge in [-0.3, -0.25) is 28.3 Å². The van der Waals surface area contributed by atoms with Gasteiger partial charge < -0.3 is 26.0 Å². The lowest BCUT2D eigenvalue weighted by atomic mass is 9.83. The first-order valence-electron chi connectivity index (χ1n) is 23.2. The minimum atomic E-state index is -4.47. The van der Waals surface area contributed by atoms with E-state index in [1.54, 1.807) is 12.1 Å². The Morgan fingerprint density at radius 1 is 0.836 bits per heavy atom. The molecule has 0 aromatic heterocycles. The summed E-state index contributed by atoms with van der Waals surface area (Å²) in [5, 5.41) is 17.7. The van der Waals surface area contributed by atoms with Gasteiger partial charge in [-0.05, 0) is 99.8 Å². The lowest BCUT2D eigenvalue weighted by Gasteiger charge is -2.27. The highest BCUT2D eigenvalue weighted by Gasteiger charge is 2.47. The van der Waals surface area contributed by atoms with Gasteiger partial charge in [0.15, 0.2) is 6.54 Å². The Balaban J connectivity index is 1.39. The maximum Gasteiger partial charge on any atom is 0.374 e. The molecular weight excluding hydrogens is 901 g/mol. The highest BCUT2D eigenvalue weighted by atomic mass is 32.2. The minimum absolute atomic E-state index is 0.0652. The molecule has 3 aliphatic rings. The molecule has 19 heteroatoms. The van der Waals surface area contributed by atoms with Crippen molar-refractivity contribution in [3.05, 3.63) is 78.0 Å². The summed E-state index contributed by atoms with van der Waals surface area (Å²) in [6.45, 7) is 5.89. The Bertz CT molecular complexity index is 2510. The average Bonchev–Trinajstić information content (AvgIpc) is 3.59. The zero-order chi connectivity index (χ0) is 49.0. The quantitative estimate of drug-likeness (QED) is 0.0707. The van der Waals surface area contributed by atoms with Gasteiger partial charge in [0.25, 0.3) is 25.9 Å². The first kappa shape index (κ1) is 52.8. The topological polar surface area (TPSA) is 240 Å². The van der Waals surface area contributed by atoms with Crippen molar-refractivity contribution in [2.45, 2.75) is 131 Å². The number of allylic oxidation sites excluding steroid dienone is 5. The maximum atomic E-state index is 13.3. The Morgan fingerprint density at radius 2 is 1.52 bits per heavy atom. The van der Waals surface area contributed by atoms with Crippen molar-refractivity contribution in [2.24, 2.45) is 0 Å². The van der Waals surface area contributed by atoms with Gasteiger partial charge in [0.05, 0.1) is 25.1 Å². The standard InChI is InChI=1S/C48H66N6O11S2/c1-48(2)37-33-35(66(60,61)62)25-27-39(37)52-31-17-8-11-22-44(56)51-38(47(59)50-30-15-6-13-24-46(57)58)19-14-16-29-49-43(55)21-10-7-18-32-53-40-28-26-36(67(63,64)65)34-41(40)54(3,4)45(53)23-12-5-9-20-42(48)52/h5,9,12,20,23,25-28,33-34,38H,6-8,10-11,13-19,21-22,24,29-32H2,1-4H3,(H4-2,49,50,51,55,56,57,58,59,60,61,62,63,64,65)/p+2. The third-order valence-electron chi connectivity index (χ3n) is 12.7. The number of quaternary nitrogens is 1. The highest BCUT2D eigenvalue weighted by molar-refractivity contribution is 7.86. The van der Waals surface area contributed by atoms with Crippen LogP contribution in [0.2, 0.25) is 0 Å². The van der Waals surface area contributed by atoms with E-state index in [9.17, 15) is 45.1 Å². The van der Waals surface area contributed by atoms with Crippen LogP contribution in [0.25, 0.3) is 0 Å². The smallest absolute Gasteiger partial charge is 0.374 e. The number of nitrogens with zero attached hydrogens (tertiary/aromatic N) is 3. The van der Waals surface area contributed by atoms with Crippen LogP contribution in [0.15, 0.2) is 82.3 Å². The van der Waals surface area contributed by atoms with E-state index >= 15 is 0 Å². The summed E-state index contributed by atoms with van der Waals surface area (Å²) in [5.74, 6) is -0.633. The minimum Gasteiger partial charge on any atom is -0.481 e. The average molecular weight is 969 g/mol. The molecule has 0 spiro atoms. The number of fused-ring (bicyclic) bond motifs is 5. The Labute approximate surface area is 395 Å². The molecule has 2 aromatic rings. The van der Waals surface area contributed by atoms with Crippen molar-refractivity contribution in [2.75, 3.05) is 45.2 Å². The molecule has 0 saturated carbocycles. The van der Waals surface area contributed by atoms with Crippen molar-refractivity contribution in [1.29, 1.82) is 0 Å². The van der Waals surface area contributed by atoms with Crippen LogP contribution in [0.1, 0.15) is 116 Å². The van der Waals surface area contributed by atoms with Crippen molar-refractivity contribution >= 4 is 66.8 Å². The predicted octanol–water partition coefficient (Wildman–Crippen LogP) is 6.26. The molecule has 0 radical (unpaired) electrons. The molecule has 67 heavy (non-hydrogen) atoms. The van der Waals surface area contributed by atoms with Gasteiger partial charge in [-0.1, -0.05) is 38.8 Å². The number of carboxylic acid groups (broad SMARTS) is 1. The molecular formula is C48H68N6O11S2+2. The van der Waals surface area contributed by atoms with Crippen molar-refractivity contribution in [3.63, 3.8) is 0 Å². The maximum absolute atomic E-state index is 13.3. The molecule has 3 aliphatic heterocycles. The van der Waals surface area contributed by atoms with E-state index in [2.05, 4.69) is 25.4 Å². The number of amidine groups is 1. The molecule has 366 valence electrons. The molecule has 2 aromatic carbocycles. The van der Waals surface area contributed by atoms with E-state index in [-0.39, 0.29) is 44.8 Å². The number of benzene rings is 2.